The normalized spacial score (nSPS) is 24.0. The van der Waals surface area contributed by atoms with Gasteiger partial charge >= 0.3 is 0 Å². The molecule has 0 spiro atoms. The molecule has 1 aliphatic heterocycles. The molecule has 1 atom stereocenters. The summed E-state index contributed by atoms with van der Waals surface area (Å²) in [5.74, 6) is 0. The molecular weight excluding hydrogens is 254 g/mol. The Kier molecular flexibility index (Phi) is 4.62. The van der Waals surface area contributed by atoms with Gasteiger partial charge in [0.1, 0.15) is 0 Å². The average Bonchev–Trinajstić information content (AvgIpc) is 3.06. The zero-order valence-electron chi connectivity index (χ0n) is 12.7. The van der Waals surface area contributed by atoms with Gasteiger partial charge in [-0.2, -0.15) is 11.8 Å². The molecule has 2 heterocycles. The Bertz CT molecular complexity index is 395. The molecule has 0 bridgehead atoms. The van der Waals surface area contributed by atoms with E-state index in [9.17, 15) is 0 Å². The lowest BCUT2D eigenvalue weighted by Gasteiger charge is -2.33. The van der Waals surface area contributed by atoms with Crippen LogP contribution in [0.1, 0.15) is 45.7 Å². The number of hydrogen-bond donors (Lipinski definition) is 1. The molecular formula is C15H27N3S. The number of rotatable bonds is 6. The third-order valence-electron chi connectivity index (χ3n) is 4.88. The number of thioether (sulfide) groups is 1. The van der Waals surface area contributed by atoms with Crippen LogP contribution in [-0.2, 0) is 12.0 Å². The van der Waals surface area contributed by atoms with Crippen LogP contribution in [0.2, 0.25) is 0 Å². The predicted molar refractivity (Wildman–Crippen MR) is 83.9 cm³/mol. The number of nitrogens with one attached hydrogen (secondary N) is 1. The highest BCUT2D eigenvalue weighted by atomic mass is 32.2. The quantitative estimate of drug-likeness (QED) is 0.869. The molecule has 1 saturated heterocycles. The van der Waals surface area contributed by atoms with Gasteiger partial charge in [0.15, 0.2) is 0 Å². The summed E-state index contributed by atoms with van der Waals surface area (Å²) in [5.41, 5.74) is 1.65. The summed E-state index contributed by atoms with van der Waals surface area (Å²) in [6.07, 6.45) is 9.96. The lowest BCUT2D eigenvalue weighted by molar-refractivity contribution is 0.418. The summed E-state index contributed by atoms with van der Waals surface area (Å²) in [5, 5.41) is 3.49. The first-order chi connectivity index (χ1) is 9.09. The Hall–Kier alpha value is -0.480. The molecule has 1 aromatic rings. The van der Waals surface area contributed by atoms with E-state index in [0.29, 0.717) is 4.75 Å². The van der Waals surface area contributed by atoms with Crippen LogP contribution in [0.4, 0.5) is 0 Å². The summed E-state index contributed by atoms with van der Waals surface area (Å²) in [6, 6.07) is 0. The van der Waals surface area contributed by atoms with Crippen molar-refractivity contribution < 1.29 is 0 Å². The van der Waals surface area contributed by atoms with Gasteiger partial charge in [-0.15, -0.1) is 0 Å². The van der Waals surface area contributed by atoms with Gasteiger partial charge in [-0.25, -0.2) is 4.98 Å². The maximum atomic E-state index is 4.42. The first-order valence-corrected chi connectivity index (χ1v) is 8.58. The van der Waals surface area contributed by atoms with Crippen molar-refractivity contribution in [2.45, 2.75) is 56.7 Å². The molecule has 0 aliphatic carbocycles. The Morgan fingerprint density at radius 2 is 2.21 bits per heavy atom. The summed E-state index contributed by atoms with van der Waals surface area (Å²) < 4.78 is 2.74. The molecule has 2 rings (SSSR count). The molecule has 4 heteroatoms. The fraction of sp³-hybridized carbons (Fsp3) is 0.800. The van der Waals surface area contributed by atoms with Gasteiger partial charge in [0.2, 0.25) is 0 Å². The van der Waals surface area contributed by atoms with Crippen LogP contribution >= 0.6 is 11.8 Å². The van der Waals surface area contributed by atoms with E-state index in [1.54, 1.807) is 0 Å². The van der Waals surface area contributed by atoms with E-state index >= 15 is 0 Å². The van der Waals surface area contributed by atoms with Crippen LogP contribution in [0.5, 0.6) is 0 Å². The summed E-state index contributed by atoms with van der Waals surface area (Å²) in [4.78, 5) is 4.42. The predicted octanol–water partition coefficient (Wildman–Crippen LogP) is 3.06. The molecule has 0 aromatic carbocycles. The van der Waals surface area contributed by atoms with Crippen molar-refractivity contribution in [1.82, 2.24) is 14.9 Å². The highest BCUT2D eigenvalue weighted by molar-refractivity contribution is 8.00. The van der Waals surface area contributed by atoms with Crippen molar-refractivity contribution in [1.29, 1.82) is 0 Å². The molecule has 0 radical (unpaired) electrons. The highest BCUT2D eigenvalue weighted by Gasteiger charge is 2.35. The zero-order chi connectivity index (χ0) is 13.9. The number of hydrogen-bond acceptors (Lipinski definition) is 3. The van der Waals surface area contributed by atoms with Gasteiger partial charge in [-0.1, -0.05) is 20.8 Å². The Morgan fingerprint density at radius 1 is 1.47 bits per heavy atom. The van der Waals surface area contributed by atoms with Gasteiger partial charge in [0.05, 0.1) is 6.33 Å². The van der Waals surface area contributed by atoms with Crippen molar-refractivity contribution in [2.24, 2.45) is 0 Å². The highest BCUT2D eigenvalue weighted by Crippen LogP contribution is 2.35. The maximum absolute atomic E-state index is 4.42. The molecule has 19 heavy (non-hydrogen) atoms. The fourth-order valence-corrected chi connectivity index (χ4v) is 3.97. The largest absolute Gasteiger partial charge is 0.333 e. The third-order valence-corrected chi connectivity index (χ3v) is 6.45. The van der Waals surface area contributed by atoms with Crippen LogP contribution in [0.15, 0.2) is 12.5 Å². The minimum Gasteiger partial charge on any atom is -0.333 e. The maximum Gasteiger partial charge on any atom is 0.0948 e. The number of nitrogens with zero attached hydrogens (tertiary/aromatic N) is 2. The lowest BCUT2D eigenvalue weighted by atomic mass is 9.86. The molecule has 0 saturated carbocycles. The Balaban J connectivity index is 2.24. The third kappa shape index (κ3) is 2.84. The molecule has 1 N–H and O–H groups in total. The van der Waals surface area contributed by atoms with E-state index < -0.39 is 0 Å². The fourth-order valence-electron chi connectivity index (χ4n) is 3.12. The second kappa shape index (κ2) is 5.88. The van der Waals surface area contributed by atoms with E-state index in [0.717, 1.165) is 19.6 Å². The van der Waals surface area contributed by atoms with Gasteiger partial charge in [0, 0.05) is 35.1 Å². The standard InChI is InChI=1S/C15H27N3S/c1-5-15(6-2,19-4)11-18-12-17-9-13(18)14(3)7-8-16-10-14/h9,12,16H,5-8,10-11H2,1-4H3. The van der Waals surface area contributed by atoms with Crippen LogP contribution in [0.3, 0.4) is 0 Å². The average molecular weight is 281 g/mol. The Morgan fingerprint density at radius 3 is 2.74 bits per heavy atom. The second-order valence-electron chi connectivity index (χ2n) is 5.99. The van der Waals surface area contributed by atoms with E-state index in [1.165, 1.54) is 25.0 Å². The van der Waals surface area contributed by atoms with E-state index in [2.05, 4.69) is 48.1 Å². The topological polar surface area (TPSA) is 29.9 Å². The minimum absolute atomic E-state index is 0.252. The number of imidazole rings is 1. The van der Waals surface area contributed by atoms with Crippen molar-refractivity contribution in [3.8, 4) is 0 Å². The number of aromatic nitrogens is 2. The van der Waals surface area contributed by atoms with E-state index in [-0.39, 0.29) is 5.41 Å². The van der Waals surface area contributed by atoms with Crippen LogP contribution in [-0.4, -0.2) is 33.6 Å². The van der Waals surface area contributed by atoms with Gasteiger partial charge in [0.25, 0.3) is 0 Å². The van der Waals surface area contributed by atoms with Gasteiger partial charge < -0.3 is 9.88 Å². The molecule has 1 unspecified atom stereocenters. The van der Waals surface area contributed by atoms with Crippen LogP contribution in [0.25, 0.3) is 0 Å². The second-order valence-corrected chi connectivity index (χ2v) is 7.26. The van der Waals surface area contributed by atoms with Gasteiger partial charge in [-0.3, -0.25) is 0 Å². The van der Waals surface area contributed by atoms with Crippen molar-refractivity contribution in [3.05, 3.63) is 18.2 Å². The smallest absolute Gasteiger partial charge is 0.0948 e. The minimum atomic E-state index is 0.252. The first kappa shape index (κ1) is 14.9. The molecule has 1 fully saturated rings. The SMILES string of the molecule is CCC(CC)(Cn1cncc1C1(C)CCNC1)SC. The van der Waals surface area contributed by atoms with Crippen LogP contribution < -0.4 is 5.32 Å². The van der Waals surface area contributed by atoms with E-state index in [1.807, 2.05) is 18.1 Å². The van der Waals surface area contributed by atoms with Crippen molar-refractivity contribution >= 4 is 11.8 Å². The van der Waals surface area contributed by atoms with Crippen molar-refractivity contribution in [3.63, 3.8) is 0 Å². The first-order valence-electron chi connectivity index (χ1n) is 7.35. The molecule has 108 valence electrons. The lowest BCUT2D eigenvalue weighted by Crippen LogP contribution is -2.33. The van der Waals surface area contributed by atoms with E-state index in [4.69, 9.17) is 0 Å². The monoisotopic (exact) mass is 281 g/mol. The van der Waals surface area contributed by atoms with Crippen LogP contribution in [0, 0.1) is 0 Å². The summed E-state index contributed by atoms with van der Waals surface area (Å²) >= 11 is 2.00. The Labute approximate surface area is 121 Å². The molecule has 1 aromatic heterocycles. The van der Waals surface area contributed by atoms with Gasteiger partial charge in [-0.05, 0) is 32.1 Å². The molecule has 0 amide bonds. The zero-order valence-corrected chi connectivity index (χ0v) is 13.5. The van der Waals surface area contributed by atoms with Crippen molar-refractivity contribution in [2.75, 3.05) is 19.3 Å². The molecule has 3 nitrogen and oxygen atoms in total. The summed E-state index contributed by atoms with van der Waals surface area (Å²) in [6.45, 7) is 10.2. The molecule has 1 aliphatic rings. The summed E-state index contributed by atoms with van der Waals surface area (Å²) in [7, 11) is 0.